The van der Waals surface area contributed by atoms with Crippen LogP contribution in [0.15, 0.2) is 35.5 Å². The van der Waals surface area contributed by atoms with Gasteiger partial charge in [-0.1, -0.05) is 0 Å². The molecule has 3 aromatic rings. The molecule has 3 rings (SSSR count). The zero-order valence-corrected chi connectivity index (χ0v) is 9.08. The van der Waals surface area contributed by atoms with Crippen molar-refractivity contribution in [3.63, 3.8) is 0 Å². The van der Waals surface area contributed by atoms with Gasteiger partial charge in [0.15, 0.2) is 11.2 Å². The van der Waals surface area contributed by atoms with Crippen molar-refractivity contribution in [3.05, 3.63) is 40.9 Å². The van der Waals surface area contributed by atoms with Crippen molar-refractivity contribution in [1.29, 1.82) is 0 Å². The van der Waals surface area contributed by atoms with E-state index in [9.17, 15) is 4.79 Å². The first-order valence-electron chi connectivity index (χ1n) is 5.08. The third kappa shape index (κ3) is 1.50. The minimum absolute atomic E-state index is 0.143. The number of hydrogen-bond donors (Lipinski definition) is 1. The summed E-state index contributed by atoms with van der Waals surface area (Å²) in [5.74, 6) is 0. The van der Waals surface area contributed by atoms with E-state index < -0.39 is 0 Å². The molecule has 0 atom stereocenters. The minimum atomic E-state index is -0.143. The fourth-order valence-electron chi connectivity index (χ4n) is 1.69. The first-order valence-corrected chi connectivity index (χ1v) is 5.08. The van der Waals surface area contributed by atoms with Gasteiger partial charge in [0.2, 0.25) is 5.43 Å². The Hall–Kier alpha value is -2.50. The second-order valence-corrected chi connectivity index (χ2v) is 3.63. The van der Waals surface area contributed by atoms with Crippen molar-refractivity contribution in [2.45, 2.75) is 0 Å². The highest BCUT2D eigenvalue weighted by Gasteiger charge is 2.07. The number of hydrogen-bond acceptors (Lipinski definition) is 4. The molecule has 0 aliphatic heterocycles. The lowest BCUT2D eigenvalue weighted by Gasteiger charge is -2.01. The second-order valence-electron chi connectivity index (χ2n) is 3.63. The third-order valence-corrected chi connectivity index (χ3v) is 2.54. The predicted octanol–water partition coefficient (Wildman–Crippen LogP) is 0.719. The van der Waals surface area contributed by atoms with E-state index in [0.717, 1.165) is 5.69 Å². The zero-order chi connectivity index (χ0) is 11.8. The second kappa shape index (κ2) is 3.51. The Morgan fingerprint density at radius 3 is 3.00 bits per heavy atom. The number of aryl methyl sites for hydroxylation is 1. The molecule has 0 aliphatic carbocycles. The van der Waals surface area contributed by atoms with E-state index in [2.05, 4.69) is 20.1 Å². The summed E-state index contributed by atoms with van der Waals surface area (Å²) in [6, 6.07) is 3.26. The summed E-state index contributed by atoms with van der Waals surface area (Å²) >= 11 is 0. The van der Waals surface area contributed by atoms with Crippen LogP contribution in [0.25, 0.3) is 22.6 Å². The van der Waals surface area contributed by atoms with Crippen molar-refractivity contribution < 1.29 is 0 Å². The summed E-state index contributed by atoms with van der Waals surface area (Å²) in [5, 5.41) is 4.06. The first-order chi connectivity index (χ1) is 8.25. The van der Waals surface area contributed by atoms with Gasteiger partial charge in [0.05, 0.1) is 11.9 Å². The van der Waals surface area contributed by atoms with Crippen LogP contribution in [0.3, 0.4) is 0 Å². The van der Waals surface area contributed by atoms with E-state index in [1.807, 2.05) is 13.1 Å². The Balaban J connectivity index is 2.30. The predicted molar refractivity (Wildman–Crippen MR) is 62.4 cm³/mol. The van der Waals surface area contributed by atoms with E-state index >= 15 is 0 Å². The van der Waals surface area contributed by atoms with Gasteiger partial charge in [-0.3, -0.25) is 9.48 Å². The number of pyridine rings is 1. The van der Waals surface area contributed by atoms with Gasteiger partial charge in [-0.25, -0.2) is 9.97 Å². The van der Waals surface area contributed by atoms with Crippen LogP contribution in [-0.4, -0.2) is 24.7 Å². The largest absolute Gasteiger partial charge is 0.345 e. The third-order valence-electron chi connectivity index (χ3n) is 2.54. The van der Waals surface area contributed by atoms with Crippen molar-refractivity contribution in [2.75, 3.05) is 0 Å². The molecule has 3 heterocycles. The number of aromatic amines is 1. The molecule has 6 heteroatoms. The molecule has 0 saturated carbocycles. The Kier molecular flexibility index (Phi) is 2.01. The Labute approximate surface area is 96.0 Å². The van der Waals surface area contributed by atoms with Crippen LogP contribution in [0.4, 0.5) is 0 Å². The van der Waals surface area contributed by atoms with Gasteiger partial charge >= 0.3 is 0 Å². The quantitative estimate of drug-likeness (QED) is 0.664. The molecule has 0 aromatic carbocycles. The maximum Gasteiger partial charge on any atom is 0.209 e. The van der Waals surface area contributed by atoms with Crippen molar-refractivity contribution in [1.82, 2.24) is 24.7 Å². The van der Waals surface area contributed by atoms with Crippen molar-refractivity contribution in [3.8, 4) is 11.4 Å². The highest BCUT2D eigenvalue weighted by atomic mass is 16.1. The number of nitrogens with zero attached hydrogens (tertiary/aromatic N) is 4. The molecule has 1 N–H and O–H groups in total. The molecule has 0 unspecified atom stereocenters. The summed E-state index contributed by atoms with van der Waals surface area (Å²) in [5.41, 5.74) is 2.14. The van der Waals surface area contributed by atoms with Crippen LogP contribution >= 0.6 is 0 Å². The highest BCUT2D eigenvalue weighted by molar-refractivity contribution is 5.72. The van der Waals surface area contributed by atoms with E-state index in [-0.39, 0.29) is 5.43 Å². The molecule has 17 heavy (non-hydrogen) atoms. The number of nitrogens with one attached hydrogen (secondary N) is 1. The van der Waals surface area contributed by atoms with Gasteiger partial charge in [0.1, 0.15) is 5.69 Å². The molecular weight excluding hydrogens is 218 g/mol. The molecule has 0 aliphatic rings. The molecular formula is C11H9N5O. The van der Waals surface area contributed by atoms with Crippen molar-refractivity contribution >= 4 is 11.2 Å². The van der Waals surface area contributed by atoms with Crippen LogP contribution in [-0.2, 0) is 7.05 Å². The molecule has 3 aromatic heterocycles. The van der Waals surface area contributed by atoms with Crippen LogP contribution in [0.5, 0.6) is 0 Å². The van der Waals surface area contributed by atoms with Crippen LogP contribution in [0.1, 0.15) is 0 Å². The lowest BCUT2D eigenvalue weighted by molar-refractivity contribution is 0.773. The Bertz CT molecular complexity index is 743. The monoisotopic (exact) mass is 227 g/mol. The van der Waals surface area contributed by atoms with Crippen LogP contribution in [0, 0.1) is 0 Å². The number of H-pyrrole nitrogens is 1. The molecule has 0 fully saturated rings. The summed E-state index contributed by atoms with van der Waals surface area (Å²) in [7, 11) is 1.82. The summed E-state index contributed by atoms with van der Waals surface area (Å²) in [6.07, 6.45) is 4.86. The minimum Gasteiger partial charge on any atom is -0.345 e. The maximum absolute atomic E-state index is 11.6. The highest BCUT2D eigenvalue weighted by Crippen LogP contribution is 2.15. The molecule has 0 spiro atoms. The SMILES string of the molecule is Cn1nccc1-c1cnc2[nH]ccc(=O)c2n1. The normalized spacial score (nSPS) is 10.9. The van der Waals surface area contributed by atoms with E-state index in [4.69, 9.17) is 0 Å². The molecule has 0 amide bonds. The number of fused-ring (bicyclic) bond motifs is 1. The van der Waals surface area contributed by atoms with Gasteiger partial charge in [0, 0.05) is 25.5 Å². The van der Waals surface area contributed by atoms with E-state index in [0.29, 0.717) is 16.9 Å². The molecule has 6 nitrogen and oxygen atoms in total. The number of aromatic nitrogens is 5. The lowest BCUT2D eigenvalue weighted by atomic mass is 10.3. The summed E-state index contributed by atoms with van der Waals surface area (Å²) in [6.45, 7) is 0. The van der Waals surface area contributed by atoms with Gasteiger partial charge in [-0.15, -0.1) is 0 Å². The van der Waals surface area contributed by atoms with E-state index in [1.165, 1.54) is 6.07 Å². The topological polar surface area (TPSA) is 76.5 Å². The van der Waals surface area contributed by atoms with E-state index in [1.54, 1.807) is 23.3 Å². The number of rotatable bonds is 1. The standard InChI is InChI=1S/C11H9N5O/c1-16-8(2-5-14-16)7-6-13-11-10(15-7)9(17)3-4-12-11/h2-6H,1H3,(H,12,13,17). The molecule has 0 bridgehead atoms. The average molecular weight is 227 g/mol. The van der Waals surface area contributed by atoms with Gasteiger partial charge < -0.3 is 4.98 Å². The average Bonchev–Trinajstić information content (AvgIpc) is 2.76. The van der Waals surface area contributed by atoms with Gasteiger partial charge in [-0.2, -0.15) is 5.10 Å². The zero-order valence-electron chi connectivity index (χ0n) is 9.08. The molecule has 0 radical (unpaired) electrons. The van der Waals surface area contributed by atoms with Crippen molar-refractivity contribution in [2.24, 2.45) is 7.05 Å². The lowest BCUT2D eigenvalue weighted by Crippen LogP contribution is -2.05. The van der Waals surface area contributed by atoms with Gasteiger partial charge in [-0.05, 0) is 6.07 Å². The van der Waals surface area contributed by atoms with Crippen LogP contribution in [0.2, 0.25) is 0 Å². The maximum atomic E-state index is 11.6. The fourth-order valence-corrected chi connectivity index (χ4v) is 1.69. The Morgan fingerprint density at radius 1 is 1.35 bits per heavy atom. The Morgan fingerprint density at radius 2 is 2.24 bits per heavy atom. The summed E-state index contributed by atoms with van der Waals surface area (Å²) < 4.78 is 1.69. The summed E-state index contributed by atoms with van der Waals surface area (Å²) in [4.78, 5) is 23.0. The molecule has 84 valence electrons. The van der Waals surface area contributed by atoms with Crippen LogP contribution < -0.4 is 5.43 Å². The van der Waals surface area contributed by atoms with Gasteiger partial charge in [0.25, 0.3) is 0 Å². The first kappa shape index (κ1) is 9.71. The molecule has 0 saturated heterocycles. The smallest absolute Gasteiger partial charge is 0.209 e. The fraction of sp³-hybridized carbons (Fsp3) is 0.0909.